The highest BCUT2D eigenvalue weighted by atomic mass is 35.5. The second-order valence-corrected chi connectivity index (χ2v) is 6.67. The van der Waals surface area contributed by atoms with Gasteiger partial charge >= 0.3 is 0 Å². The van der Waals surface area contributed by atoms with Gasteiger partial charge in [-0.05, 0) is 42.9 Å². The van der Waals surface area contributed by atoms with Crippen LogP contribution in [0.25, 0.3) is 16.6 Å². The van der Waals surface area contributed by atoms with Gasteiger partial charge in [0.1, 0.15) is 0 Å². The van der Waals surface area contributed by atoms with Gasteiger partial charge in [0.25, 0.3) is 0 Å². The lowest BCUT2D eigenvalue weighted by Crippen LogP contribution is -2.27. The lowest BCUT2D eigenvalue weighted by molar-refractivity contribution is 0.311. The number of nitrogens with zero attached hydrogens (tertiary/aromatic N) is 2. The van der Waals surface area contributed by atoms with E-state index in [2.05, 4.69) is 16.5 Å². The molecule has 24 heavy (non-hydrogen) atoms. The van der Waals surface area contributed by atoms with E-state index in [9.17, 15) is 4.39 Å². The largest absolute Gasteiger partial charge is 0.494 e. The molecule has 0 N–H and O–H groups in total. The monoisotopic (exact) mass is 344 g/mol. The number of rotatable bonds is 2. The van der Waals surface area contributed by atoms with Crippen molar-refractivity contribution in [3.05, 3.63) is 58.5 Å². The van der Waals surface area contributed by atoms with E-state index in [1.165, 1.54) is 24.4 Å². The van der Waals surface area contributed by atoms with Crippen LogP contribution in [0.4, 0.5) is 4.39 Å². The second-order valence-electron chi connectivity index (χ2n) is 6.23. The van der Waals surface area contributed by atoms with E-state index in [4.69, 9.17) is 16.3 Å². The molecule has 0 bridgehead atoms. The van der Waals surface area contributed by atoms with Crippen LogP contribution in [0, 0.1) is 5.82 Å². The Bertz CT molecular complexity index is 935. The van der Waals surface area contributed by atoms with Crippen LogP contribution in [0.5, 0.6) is 5.75 Å². The SMILES string of the molecule is COc1ccc(-n2c3c(c4cc(Cl)ccc42)CN(C)CC3)cc1F. The van der Waals surface area contributed by atoms with Gasteiger partial charge in [-0.1, -0.05) is 11.6 Å². The number of hydrogen-bond donors (Lipinski definition) is 0. The van der Waals surface area contributed by atoms with Crippen molar-refractivity contribution in [1.82, 2.24) is 9.47 Å². The number of likely N-dealkylation sites (N-methyl/N-ethyl adjacent to an activating group) is 1. The minimum absolute atomic E-state index is 0.256. The van der Waals surface area contributed by atoms with E-state index >= 15 is 0 Å². The summed E-state index contributed by atoms with van der Waals surface area (Å²) in [6.45, 7) is 1.85. The summed E-state index contributed by atoms with van der Waals surface area (Å²) in [5.41, 5.74) is 4.38. The van der Waals surface area contributed by atoms with Crippen LogP contribution in [-0.4, -0.2) is 30.2 Å². The van der Waals surface area contributed by atoms with Crippen LogP contribution in [0.1, 0.15) is 11.3 Å². The first-order chi connectivity index (χ1) is 11.6. The quantitative estimate of drug-likeness (QED) is 0.684. The molecule has 0 saturated carbocycles. The molecule has 0 radical (unpaired) electrons. The maximum atomic E-state index is 14.2. The summed E-state index contributed by atoms with van der Waals surface area (Å²) in [5.74, 6) is -0.0978. The van der Waals surface area contributed by atoms with Gasteiger partial charge in [0, 0.05) is 47.4 Å². The fourth-order valence-electron chi connectivity index (χ4n) is 3.55. The molecule has 4 rings (SSSR count). The number of fused-ring (bicyclic) bond motifs is 3. The summed E-state index contributed by atoms with van der Waals surface area (Å²) >= 11 is 6.22. The maximum absolute atomic E-state index is 14.2. The standard InChI is InChI=1S/C19H18ClFN2O/c1-22-8-7-18-15(11-22)14-9-12(20)3-5-17(14)23(18)13-4-6-19(24-2)16(21)10-13/h3-6,9-10H,7-8,11H2,1-2H3. The third-order valence-corrected chi connectivity index (χ3v) is 4.93. The van der Waals surface area contributed by atoms with E-state index in [1.807, 2.05) is 24.3 Å². The van der Waals surface area contributed by atoms with Gasteiger partial charge in [-0.25, -0.2) is 4.39 Å². The summed E-state index contributed by atoms with van der Waals surface area (Å²) < 4.78 is 21.4. The average Bonchev–Trinajstić information content (AvgIpc) is 2.88. The number of hydrogen-bond acceptors (Lipinski definition) is 2. The lowest BCUT2D eigenvalue weighted by atomic mass is 10.1. The van der Waals surface area contributed by atoms with Crippen LogP contribution < -0.4 is 4.74 Å². The fraction of sp³-hybridized carbons (Fsp3) is 0.263. The maximum Gasteiger partial charge on any atom is 0.167 e. The summed E-state index contributed by atoms with van der Waals surface area (Å²) in [4.78, 5) is 2.29. The summed E-state index contributed by atoms with van der Waals surface area (Å²) in [7, 11) is 3.59. The Kier molecular flexibility index (Phi) is 3.74. The Morgan fingerprint density at radius 2 is 2.00 bits per heavy atom. The predicted molar refractivity (Wildman–Crippen MR) is 94.8 cm³/mol. The molecular weight excluding hydrogens is 327 g/mol. The van der Waals surface area contributed by atoms with Gasteiger partial charge < -0.3 is 14.2 Å². The normalized spacial score (nSPS) is 14.8. The molecule has 5 heteroatoms. The van der Waals surface area contributed by atoms with Crippen molar-refractivity contribution in [2.75, 3.05) is 20.7 Å². The van der Waals surface area contributed by atoms with Crippen LogP contribution in [-0.2, 0) is 13.0 Å². The van der Waals surface area contributed by atoms with Gasteiger partial charge in [0.15, 0.2) is 11.6 Å². The molecule has 2 heterocycles. The Hall–Kier alpha value is -2.04. The smallest absolute Gasteiger partial charge is 0.167 e. The molecule has 1 aliphatic heterocycles. The van der Waals surface area contributed by atoms with Crippen molar-refractivity contribution >= 4 is 22.5 Å². The first-order valence-corrected chi connectivity index (χ1v) is 8.30. The molecule has 0 unspecified atom stereocenters. The zero-order valence-electron chi connectivity index (χ0n) is 13.6. The molecule has 3 nitrogen and oxygen atoms in total. The van der Waals surface area contributed by atoms with Crippen molar-refractivity contribution in [2.45, 2.75) is 13.0 Å². The van der Waals surface area contributed by atoms with E-state index in [0.717, 1.165) is 41.1 Å². The summed E-state index contributed by atoms with van der Waals surface area (Å²) in [6, 6.07) is 11.0. The molecule has 0 fully saturated rings. The van der Waals surface area contributed by atoms with Crippen molar-refractivity contribution < 1.29 is 9.13 Å². The highest BCUT2D eigenvalue weighted by Crippen LogP contribution is 2.35. The lowest BCUT2D eigenvalue weighted by Gasteiger charge is -2.24. The Balaban J connectivity index is 2.00. The molecule has 0 atom stereocenters. The molecule has 124 valence electrons. The Morgan fingerprint density at radius 1 is 1.17 bits per heavy atom. The van der Waals surface area contributed by atoms with E-state index < -0.39 is 0 Å². The van der Waals surface area contributed by atoms with Crippen LogP contribution in [0.3, 0.4) is 0 Å². The van der Waals surface area contributed by atoms with Crippen LogP contribution in [0.15, 0.2) is 36.4 Å². The zero-order valence-corrected chi connectivity index (χ0v) is 14.4. The topological polar surface area (TPSA) is 17.4 Å². The fourth-order valence-corrected chi connectivity index (χ4v) is 3.73. The van der Waals surface area contributed by atoms with Gasteiger partial charge in [0.05, 0.1) is 12.6 Å². The highest BCUT2D eigenvalue weighted by Gasteiger charge is 2.23. The van der Waals surface area contributed by atoms with E-state index in [1.54, 1.807) is 6.07 Å². The number of halogens is 2. The number of aromatic nitrogens is 1. The first kappa shape index (κ1) is 15.5. The molecule has 1 aliphatic rings. The molecule has 2 aromatic carbocycles. The van der Waals surface area contributed by atoms with Gasteiger partial charge in [-0.15, -0.1) is 0 Å². The predicted octanol–water partition coefficient (Wildman–Crippen LogP) is 4.42. The molecular formula is C19H18ClFN2O. The van der Waals surface area contributed by atoms with Gasteiger partial charge in [-0.3, -0.25) is 0 Å². The van der Waals surface area contributed by atoms with Crippen LogP contribution in [0.2, 0.25) is 5.02 Å². The average molecular weight is 345 g/mol. The highest BCUT2D eigenvalue weighted by molar-refractivity contribution is 6.31. The van der Waals surface area contributed by atoms with Gasteiger partial charge in [-0.2, -0.15) is 0 Å². The minimum Gasteiger partial charge on any atom is -0.494 e. The van der Waals surface area contributed by atoms with Crippen LogP contribution >= 0.6 is 11.6 Å². The molecule has 1 aromatic heterocycles. The number of benzene rings is 2. The van der Waals surface area contributed by atoms with Crippen molar-refractivity contribution in [3.8, 4) is 11.4 Å². The zero-order chi connectivity index (χ0) is 16.8. The molecule has 0 spiro atoms. The van der Waals surface area contributed by atoms with Crippen molar-refractivity contribution in [3.63, 3.8) is 0 Å². The summed E-state index contributed by atoms with van der Waals surface area (Å²) in [6.07, 6.45) is 0.922. The molecule has 0 amide bonds. The summed E-state index contributed by atoms with van der Waals surface area (Å²) in [5, 5.41) is 1.86. The molecule has 0 saturated heterocycles. The Labute approximate surface area is 145 Å². The third kappa shape index (κ3) is 2.38. The van der Waals surface area contributed by atoms with Crippen molar-refractivity contribution in [2.24, 2.45) is 0 Å². The number of methoxy groups -OCH3 is 1. The first-order valence-electron chi connectivity index (χ1n) is 7.92. The van der Waals surface area contributed by atoms with Crippen molar-refractivity contribution in [1.29, 1.82) is 0 Å². The van der Waals surface area contributed by atoms with E-state index in [-0.39, 0.29) is 11.6 Å². The van der Waals surface area contributed by atoms with E-state index in [0.29, 0.717) is 0 Å². The molecule has 0 aliphatic carbocycles. The minimum atomic E-state index is -0.354. The molecule has 3 aromatic rings. The van der Waals surface area contributed by atoms with Gasteiger partial charge in [0.2, 0.25) is 0 Å². The third-order valence-electron chi connectivity index (χ3n) is 4.69. The second kappa shape index (κ2) is 5.80. The Morgan fingerprint density at radius 3 is 2.75 bits per heavy atom. The number of ether oxygens (including phenoxy) is 1.